The number of benzene rings is 2. The van der Waals surface area contributed by atoms with E-state index >= 15 is 0 Å². The minimum absolute atomic E-state index is 0.149. The van der Waals surface area contributed by atoms with E-state index in [2.05, 4.69) is 15.9 Å². The molecule has 5 heteroatoms. The van der Waals surface area contributed by atoms with Crippen molar-refractivity contribution in [3.8, 4) is 5.75 Å². The molecule has 0 saturated carbocycles. The predicted octanol–water partition coefficient (Wildman–Crippen LogP) is 3.66. The van der Waals surface area contributed by atoms with Gasteiger partial charge >= 0.3 is 0 Å². The molecule has 20 heavy (non-hydrogen) atoms. The SMILES string of the molecule is O=Cc1cc(F)cc(OCC(=O)c2cccc(Br)c2)c1. The second kappa shape index (κ2) is 6.43. The molecule has 0 aromatic heterocycles. The number of Topliss-reactive ketones (excluding diaryl/α,β-unsaturated/α-hetero) is 1. The summed E-state index contributed by atoms with van der Waals surface area (Å²) in [7, 11) is 0. The molecule has 0 aliphatic rings. The molecule has 102 valence electrons. The van der Waals surface area contributed by atoms with Crippen LogP contribution in [0.5, 0.6) is 5.75 Å². The Labute approximate surface area is 123 Å². The molecule has 0 radical (unpaired) electrons. The van der Waals surface area contributed by atoms with Gasteiger partial charge in [-0.15, -0.1) is 0 Å². The van der Waals surface area contributed by atoms with E-state index in [0.29, 0.717) is 11.8 Å². The van der Waals surface area contributed by atoms with Gasteiger partial charge in [-0.25, -0.2) is 4.39 Å². The van der Waals surface area contributed by atoms with Crippen LogP contribution in [0.2, 0.25) is 0 Å². The Balaban J connectivity index is 2.07. The highest BCUT2D eigenvalue weighted by Crippen LogP contribution is 2.17. The number of carbonyl (C=O) groups is 2. The van der Waals surface area contributed by atoms with E-state index in [4.69, 9.17) is 4.74 Å². The lowest BCUT2D eigenvalue weighted by molar-refractivity contribution is 0.0921. The normalized spacial score (nSPS) is 10.1. The highest BCUT2D eigenvalue weighted by atomic mass is 79.9. The number of rotatable bonds is 5. The monoisotopic (exact) mass is 336 g/mol. The quantitative estimate of drug-likeness (QED) is 0.618. The smallest absolute Gasteiger partial charge is 0.200 e. The van der Waals surface area contributed by atoms with Crippen molar-refractivity contribution in [2.75, 3.05) is 6.61 Å². The molecular weight excluding hydrogens is 327 g/mol. The van der Waals surface area contributed by atoms with Crippen molar-refractivity contribution in [1.82, 2.24) is 0 Å². The van der Waals surface area contributed by atoms with Gasteiger partial charge in [-0.1, -0.05) is 28.1 Å². The molecule has 0 atom stereocenters. The minimum atomic E-state index is -0.584. The lowest BCUT2D eigenvalue weighted by atomic mass is 10.1. The number of ketones is 1. The minimum Gasteiger partial charge on any atom is -0.485 e. The zero-order chi connectivity index (χ0) is 14.5. The molecule has 0 aliphatic carbocycles. The van der Waals surface area contributed by atoms with E-state index in [1.54, 1.807) is 24.3 Å². The third-order valence-electron chi connectivity index (χ3n) is 2.55. The lowest BCUT2D eigenvalue weighted by Gasteiger charge is -2.06. The lowest BCUT2D eigenvalue weighted by Crippen LogP contribution is -2.11. The van der Waals surface area contributed by atoms with Crippen molar-refractivity contribution < 1.29 is 18.7 Å². The van der Waals surface area contributed by atoms with E-state index in [0.717, 1.165) is 16.6 Å². The van der Waals surface area contributed by atoms with Crippen LogP contribution in [0.4, 0.5) is 4.39 Å². The Morgan fingerprint density at radius 1 is 1.25 bits per heavy atom. The molecule has 0 fully saturated rings. The third-order valence-corrected chi connectivity index (χ3v) is 3.04. The van der Waals surface area contributed by atoms with Crippen LogP contribution < -0.4 is 4.74 Å². The van der Waals surface area contributed by atoms with E-state index < -0.39 is 5.82 Å². The predicted molar refractivity (Wildman–Crippen MR) is 75.8 cm³/mol. The summed E-state index contributed by atoms with van der Waals surface area (Å²) in [5.41, 5.74) is 0.654. The Hall–Kier alpha value is -2.01. The Bertz CT molecular complexity index is 655. The highest BCUT2D eigenvalue weighted by molar-refractivity contribution is 9.10. The zero-order valence-corrected chi connectivity index (χ0v) is 11.9. The molecule has 2 rings (SSSR count). The zero-order valence-electron chi connectivity index (χ0n) is 10.3. The van der Waals surface area contributed by atoms with Crippen molar-refractivity contribution in [2.45, 2.75) is 0 Å². The molecule has 0 N–H and O–H groups in total. The number of aldehydes is 1. The first kappa shape index (κ1) is 14.4. The van der Waals surface area contributed by atoms with E-state index in [9.17, 15) is 14.0 Å². The van der Waals surface area contributed by atoms with E-state index in [1.165, 1.54) is 6.07 Å². The van der Waals surface area contributed by atoms with Crippen LogP contribution in [0.25, 0.3) is 0 Å². The van der Waals surface area contributed by atoms with Gasteiger partial charge in [0.05, 0.1) is 0 Å². The molecule has 0 bridgehead atoms. The van der Waals surface area contributed by atoms with Gasteiger partial charge in [0.1, 0.15) is 17.9 Å². The maximum Gasteiger partial charge on any atom is 0.200 e. The van der Waals surface area contributed by atoms with Gasteiger partial charge < -0.3 is 4.74 Å². The molecular formula is C15H10BrFO3. The Morgan fingerprint density at radius 2 is 2.05 bits per heavy atom. The molecule has 0 saturated heterocycles. The van der Waals surface area contributed by atoms with Crippen LogP contribution in [0, 0.1) is 5.82 Å². The number of ether oxygens (including phenoxy) is 1. The summed E-state index contributed by atoms with van der Waals surface area (Å²) >= 11 is 3.27. The first-order chi connectivity index (χ1) is 9.58. The maximum atomic E-state index is 13.2. The summed E-state index contributed by atoms with van der Waals surface area (Å²) in [6.45, 7) is -0.224. The average Bonchev–Trinajstić information content (AvgIpc) is 2.44. The van der Waals surface area contributed by atoms with Crippen LogP contribution >= 0.6 is 15.9 Å². The topological polar surface area (TPSA) is 43.4 Å². The van der Waals surface area contributed by atoms with Gasteiger partial charge in [0, 0.05) is 21.7 Å². The van der Waals surface area contributed by atoms with Crippen LogP contribution in [0.1, 0.15) is 20.7 Å². The number of hydrogen-bond donors (Lipinski definition) is 0. The molecule has 3 nitrogen and oxygen atoms in total. The van der Waals surface area contributed by atoms with Gasteiger partial charge in [-0.05, 0) is 24.3 Å². The first-order valence-electron chi connectivity index (χ1n) is 5.76. The third kappa shape index (κ3) is 3.74. The Kier molecular flexibility index (Phi) is 4.63. The van der Waals surface area contributed by atoms with Crippen molar-refractivity contribution >= 4 is 28.0 Å². The maximum absolute atomic E-state index is 13.2. The number of hydrogen-bond acceptors (Lipinski definition) is 3. The molecule has 0 aliphatic heterocycles. The second-order valence-electron chi connectivity index (χ2n) is 4.06. The molecule has 2 aromatic rings. The van der Waals surface area contributed by atoms with Crippen LogP contribution in [-0.2, 0) is 0 Å². The summed E-state index contributed by atoms with van der Waals surface area (Å²) in [4.78, 5) is 22.5. The van der Waals surface area contributed by atoms with Crippen LogP contribution in [-0.4, -0.2) is 18.7 Å². The van der Waals surface area contributed by atoms with Gasteiger partial charge in [-0.2, -0.15) is 0 Å². The summed E-state index contributed by atoms with van der Waals surface area (Å²) < 4.78 is 19.2. The fourth-order valence-electron chi connectivity index (χ4n) is 1.63. The molecule has 0 amide bonds. The van der Waals surface area contributed by atoms with Gasteiger partial charge in [0.2, 0.25) is 0 Å². The largest absolute Gasteiger partial charge is 0.485 e. The van der Waals surface area contributed by atoms with Crippen LogP contribution in [0.15, 0.2) is 46.9 Å². The second-order valence-corrected chi connectivity index (χ2v) is 4.98. The summed E-state index contributed by atoms with van der Waals surface area (Å²) in [5, 5.41) is 0. The van der Waals surface area contributed by atoms with E-state index in [-0.39, 0.29) is 23.7 Å². The fraction of sp³-hybridized carbons (Fsp3) is 0.0667. The number of halogens is 2. The van der Waals surface area contributed by atoms with Crippen molar-refractivity contribution in [3.63, 3.8) is 0 Å². The van der Waals surface area contributed by atoms with Crippen molar-refractivity contribution in [1.29, 1.82) is 0 Å². The highest BCUT2D eigenvalue weighted by Gasteiger charge is 2.08. The van der Waals surface area contributed by atoms with E-state index in [1.807, 2.05) is 0 Å². The van der Waals surface area contributed by atoms with Gasteiger partial charge in [0.15, 0.2) is 12.4 Å². The molecule has 0 spiro atoms. The standard InChI is InChI=1S/C15H10BrFO3/c16-12-3-1-2-11(6-12)15(19)9-20-14-5-10(8-18)4-13(17)7-14/h1-8H,9H2. The van der Waals surface area contributed by atoms with Gasteiger partial charge in [0.25, 0.3) is 0 Å². The summed E-state index contributed by atoms with van der Waals surface area (Å²) in [6.07, 6.45) is 0.520. The summed E-state index contributed by atoms with van der Waals surface area (Å²) in [5.74, 6) is -0.668. The molecule has 2 aromatic carbocycles. The van der Waals surface area contributed by atoms with Crippen molar-refractivity contribution in [3.05, 3.63) is 63.9 Å². The van der Waals surface area contributed by atoms with Crippen molar-refractivity contribution in [2.24, 2.45) is 0 Å². The summed E-state index contributed by atoms with van der Waals surface area (Å²) in [6, 6.07) is 10.5. The average molecular weight is 337 g/mol. The van der Waals surface area contributed by atoms with Gasteiger partial charge in [-0.3, -0.25) is 9.59 Å². The molecule has 0 unspecified atom stereocenters. The number of carbonyl (C=O) groups excluding carboxylic acids is 2. The first-order valence-corrected chi connectivity index (χ1v) is 6.55. The van der Waals surface area contributed by atoms with Crippen LogP contribution in [0.3, 0.4) is 0 Å². The fourth-order valence-corrected chi connectivity index (χ4v) is 2.03. The molecule has 0 heterocycles. The Morgan fingerprint density at radius 3 is 2.75 bits per heavy atom.